The third-order valence-electron chi connectivity index (χ3n) is 5.87. The van der Waals surface area contributed by atoms with Gasteiger partial charge in [-0.2, -0.15) is 0 Å². The molecule has 0 radical (unpaired) electrons. The molecule has 0 unspecified atom stereocenters. The van der Waals surface area contributed by atoms with Crippen LogP contribution >= 0.6 is 0 Å². The van der Waals surface area contributed by atoms with E-state index in [0.717, 1.165) is 5.69 Å². The largest absolute Gasteiger partial charge is 0.490 e. The number of fused-ring (bicyclic) bond motifs is 1. The molecule has 0 atom stereocenters. The summed E-state index contributed by atoms with van der Waals surface area (Å²) in [5.74, 6) is 0.594. The molecule has 0 bridgehead atoms. The molecular weight excluding hydrogens is 396 g/mol. The molecule has 1 aromatic carbocycles. The normalized spacial score (nSPS) is 14.7. The Kier molecular flexibility index (Phi) is 5.88. The summed E-state index contributed by atoms with van der Waals surface area (Å²) in [6.45, 7) is 3.36. The predicted octanol–water partition coefficient (Wildman–Crippen LogP) is 1.86. The Morgan fingerprint density at radius 1 is 1.16 bits per heavy atom. The van der Waals surface area contributed by atoms with Crippen molar-refractivity contribution in [1.82, 2.24) is 19.0 Å². The first-order chi connectivity index (χ1) is 14.9. The molecule has 0 aliphatic carbocycles. The molecule has 0 saturated carbocycles. The van der Waals surface area contributed by atoms with Crippen LogP contribution < -0.4 is 15.9 Å². The van der Waals surface area contributed by atoms with Gasteiger partial charge in [0, 0.05) is 57.7 Å². The summed E-state index contributed by atoms with van der Waals surface area (Å²) >= 11 is 0. The number of carbonyl (C=O) groups excluding carboxylic acids is 1. The van der Waals surface area contributed by atoms with E-state index in [0.29, 0.717) is 49.1 Å². The predicted molar refractivity (Wildman–Crippen MR) is 117 cm³/mol. The van der Waals surface area contributed by atoms with Crippen LogP contribution in [0.5, 0.6) is 5.75 Å². The Balaban J connectivity index is 1.31. The van der Waals surface area contributed by atoms with Crippen LogP contribution in [0.1, 0.15) is 25.0 Å². The van der Waals surface area contributed by atoms with Crippen LogP contribution in [0, 0.1) is 6.92 Å². The van der Waals surface area contributed by atoms with Gasteiger partial charge in [0.2, 0.25) is 5.91 Å². The Labute approximate surface area is 179 Å². The van der Waals surface area contributed by atoms with Gasteiger partial charge in [-0.3, -0.25) is 19.0 Å². The van der Waals surface area contributed by atoms with E-state index in [2.05, 4.69) is 4.98 Å². The van der Waals surface area contributed by atoms with E-state index in [1.807, 2.05) is 30.0 Å². The lowest BCUT2D eigenvalue weighted by atomic mass is 10.1. The fourth-order valence-corrected chi connectivity index (χ4v) is 3.86. The molecule has 3 aromatic rings. The smallest absolute Gasteiger partial charge is 0.261 e. The average Bonchev–Trinajstić information content (AvgIpc) is 2.77. The van der Waals surface area contributed by atoms with Gasteiger partial charge in [0.05, 0.1) is 17.2 Å². The van der Waals surface area contributed by atoms with Crippen LogP contribution in [0.2, 0.25) is 0 Å². The lowest BCUT2D eigenvalue weighted by Gasteiger charge is -2.32. The maximum Gasteiger partial charge on any atom is 0.261 e. The van der Waals surface area contributed by atoms with Crippen LogP contribution in [0.4, 0.5) is 0 Å². The Morgan fingerprint density at radius 3 is 2.65 bits per heavy atom. The van der Waals surface area contributed by atoms with Crippen molar-refractivity contribution < 1.29 is 9.53 Å². The number of piperidine rings is 1. The molecule has 31 heavy (non-hydrogen) atoms. The van der Waals surface area contributed by atoms with E-state index < -0.39 is 0 Å². The lowest BCUT2D eigenvalue weighted by Crippen LogP contribution is -2.42. The Bertz CT molecular complexity index is 1220. The molecule has 2 aromatic heterocycles. The van der Waals surface area contributed by atoms with E-state index in [9.17, 15) is 14.4 Å². The number of aromatic nitrogens is 3. The second-order valence-electron chi connectivity index (χ2n) is 7.94. The van der Waals surface area contributed by atoms with E-state index in [-0.39, 0.29) is 29.6 Å². The molecule has 1 aliphatic heterocycles. The summed E-state index contributed by atoms with van der Waals surface area (Å²) in [5, 5.41) is 0.557. The van der Waals surface area contributed by atoms with Crippen LogP contribution in [0.25, 0.3) is 10.9 Å². The molecule has 8 nitrogen and oxygen atoms in total. The van der Waals surface area contributed by atoms with Crippen LogP contribution in [-0.2, 0) is 18.4 Å². The first-order valence-corrected chi connectivity index (χ1v) is 10.5. The van der Waals surface area contributed by atoms with E-state index >= 15 is 0 Å². The number of rotatable bonds is 5. The molecule has 4 rings (SSSR count). The van der Waals surface area contributed by atoms with Gasteiger partial charge in [0.15, 0.2) is 0 Å². The molecule has 1 fully saturated rings. The highest BCUT2D eigenvalue weighted by Crippen LogP contribution is 2.19. The zero-order valence-corrected chi connectivity index (χ0v) is 17.8. The number of ether oxygens (including phenoxy) is 1. The summed E-state index contributed by atoms with van der Waals surface area (Å²) < 4.78 is 9.05. The van der Waals surface area contributed by atoms with E-state index in [4.69, 9.17) is 4.74 Å². The van der Waals surface area contributed by atoms with Crippen molar-refractivity contribution in [3.63, 3.8) is 0 Å². The summed E-state index contributed by atoms with van der Waals surface area (Å²) in [4.78, 5) is 43.2. The monoisotopic (exact) mass is 422 g/mol. The zero-order chi connectivity index (χ0) is 22.0. The maximum absolute atomic E-state index is 12.6. The third kappa shape index (κ3) is 4.52. The quantitative estimate of drug-likeness (QED) is 0.627. The fraction of sp³-hybridized carbons (Fsp3) is 0.391. The first kappa shape index (κ1) is 20.8. The highest BCUT2D eigenvalue weighted by molar-refractivity contribution is 5.77. The van der Waals surface area contributed by atoms with Crippen molar-refractivity contribution in [2.75, 3.05) is 13.1 Å². The zero-order valence-electron chi connectivity index (χ0n) is 17.8. The highest BCUT2D eigenvalue weighted by Gasteiger charge is 2.24. The van der Waals surface area contributed by atoms with Gasteiger partial charge >= 0.3 is 0 Å². The van der Waals surface area contributed by atoms with Gasteiger partial charge in [-0.25, -0.2) is 4.98 Å². The number of hydrogen-bond donors (Lipinski definition) is 0. The number of hydrogen-bond acceptors (Lipinski definition) is 5. The number of carbonyl (C=O) groups is 1. The minimum atomic E-state index is -0.130. The molecule has 162 valence electrons. The van der Waals surface area contributed by atoms with Crippen LogP contribution in [0.15, 0.2) is 52.3 Å². The van der Waals surface area contributed by atoms with E-state index in [1.165, 1.54) is 17.0 Å². The van der Waals surface area contributed by atoms with Crippen molar-refractivity contribution in [3.05, 3.63) is 69.1 Å². The SMILES string of the molecule is Cc1cc(OC2CCN(C(=O)CCn3cnc4ccccc4c3=O)CC2)cc(=O)n1C. The van der Waals surface area contributed by atoms with Crippen LogP contribution in [0.3, 0.4) is 0 Å². The highest BCUT2D eigenvalue weighted by atomic mass is 16.5. The van der Waals surface area contributed by atoms with Gasteiger partial charge in [0.1, 0.15) is 11.9 Å². The molecule has 1 aliphatic rings. The number of aryl methyl sites for hydroxylation is 2. The van der Waals surface area contributed by atoms with Crippen LogP contribution in [-0.4, -0.2) is 44.1 Å². The van der Waals surface area contributed by atoms with Crippen molar-refractivity contribution in [3.8, 4) is 5.75 Å². The van der Waals surface area contributed by atoms with Gasteiger partial charge in [-0.1, -0.05) is 12.1 Å². The molecule has 3 heterocycles. The number of pyridine rings is 1. The topological polar surface area (TPSA) is 86.4 Å². The number of likely N-dealkylation sites (tertiary alicyclic amines) is 1. The number of nitrogens with zero attached hydrogens (tertiary/aromatic N) is 4. The molecule has 1 saturated heterocycles. The van der Waals surface area contributed by atoms with Gasteiger partial charge in [-0.05, 0) is 25.1 Å². The second-order valence-corrected chi connectivity index (χ2v) is 7.94. The fourth-order valence-electron chi connectivity index (χ4n) is 3.86. The molecule has 8 heteroatoms. The second kappa shape index (κ2) is 8.75. The maximum atomic E-state index is 12.6. The molecule has 1 amide bonds. The number of amides is 1. The number of benzene rings is 1. The summed E-state index contributed by atoms with van der Waals surface area (Å²) in [6.07, 6.45) is 3.14. The molecule has 0 N–H and O–H groups in total. The van der Waals surface area contributed by atoms with Gasteiger partial charge in [0.25, 0.3) is 11.1 Å². The standard InChI is InChI=1S/C23H26N4O4/c1-16-13-18(14-22(29)25(16)2)31-17-7-10-26(11-8-17)21(28)9-12-27-15-24-20-6-4-3-5-19(20)23(27)30/h3-6,13-15,17H,7-12H2,1-2H3. The lowest BCUT2D eigenvalue weighted by molar-refractivity contribution is -0.133. The van der Waals surface area contributed by atoms with Gasteiger partial charge in [-0.15, -0.1) is 0 Å². The van der Waals surface area contributed by atoms with E-state index in [1.54, 1.807) is 23.7 Å². The third-order valence-corrected chi connectivity index (χ3v) is 5.87. The van der Waals surface area contributed by atoms with Crippen molar-refractivity contribution in [2.24, 2.45) is 7.05 Å². The Morgan fingerprint density at radius 2 is 1.90 bits per heavy atom. The first-order valence-electron chi connectivity index (χ1n) is 10.5. The van der Waals surface area contributed by atoms with Gasteiger partial charge < -0.3 is 14.2 Å². The van der Waals surface area contributed by atoms with Crippen molar-refractivity contribution >= 4 is 16.8 Å². The summed E-state index contributed by atoms with van der Waals surface area (Å²) in [6, 6.07) is 10.6. The van der Waals surface area contributed by atoms with Crippen molar-refractivity contribution in [2.45, 2.75) is 38.8 Å². The summed E-state index contributed by atoms with van der Waals surface area (Å²) in [5.41, 5.74) is 1.27. The molecule has 0 spiro atoms. The minimum Gasteiger partial charge on any atom is -0.490 e. The minimum absolute atomic E-state index is 0.0166. The number of para-hydroxylation sites is 1. The summed E-state index contributed by atoms with van der Waals surface area (Å²) in [7, 11) is 1.73. The molecular formula is C23H26N4O4. The van der Waals surface area contributed by atoms with Crippen molar-refractivity contribution in [1.29, 1.82) is 0 Å². The Hall–Kier alpha value is -3.42. The average molecular weight is 422 g/mol.